The maximum atomic E-state index is 13.1. The number of piperazine rings is 1. The summed E-state index contributed by atoms with van der Waals surface area (Å²) in [7, 11) is 1.72. The fraction of sp³-hybridized carbons (Fsp3) is 0.393. The van der Waals surface area contributed by atoms with Crippen molar-refractivity contribution in [2.24, 2.45) is 5.92 Å². The third-order valence-corrected chi connectivity index (χ3v) is 8.08. The van der Waals surface area contributed by atoms with Crippen molar-refractivity contribution in [1.29, 1.82) is 0 Å². The summed E-state index contributed by atoms with van der Waals surface area (Å²) in [6.45, 7) is 6.83. The number of nitrogens with zero attached hydrogens (tertiary/aromatic N) is 3. The molecule has 2 fully saturated rings. The number of hydrogen-bond acceptors (Lipinski definition) is 5. The number of benzene rings is 2. The molecule has 3 aromatic rings. The molecule has 5 rings (SSSR count). The highest BCUT2D eigenvalue weighted by Crippen LogP contribution is 2.35. The van der Waals surface area contributed by atoms with Crippen LogP contribution in [-0.4, -0.2) is 68.6 Å². The molecule has 0 aliphatic carbocycles. The molecule has 34 heavy (non-hydrogen) atoms. The molecule has 6 heteroatoms. The number of para-hydroxylation sites is 1. The number of likely N-dealkylation sites (tertiary alicyclic amines) is 1. The van der Waals surface area contributed by atoms with Gasteiger partial charge in [-0.15, -0.1) is 11.3 Å². The lowest BCUT2D eigenvalue weighted by Gasteiger charge is -2.37. The van der Waals surface area contributed by atoms with Crippen LogP contribution in [0.3, 0.4) is 0 Å². The van der Waals surface area contributed by atoms with Crippen molar-refractivity contribution in [2.45, 2.75) is 12.3 Å². The van der Waals surface area contributed by atoms with Gasteiger partial charge in [-0.1, -0.05) is 36.4 Å². The van der Waals surface area contributed by atoms with Crippen molar-refractivity contribution in [3.05, 3.63) is 82.6 Å². The molecular formula is C28H33N3O2S. The zero-order valence-electron chi connectivity index (χ0n) is 19.8. The first-order valence-electron chi connectivity index (χ1n) is 12.2. The van der Waals surface area contributed by atoms with Gasteiger partial charge < -0.3 is 14.5 Å². The predicted molar refractivity (Wildman–Crippen MR) is 139 cm³/mol. The van der Waals surface area contributed by atoms with Gasteiger partial charge in [0.1, 0.15) is 5.75 Å². The molecule has 1 aromatic heterocycles. The number of amides is 1. The van der Waals surface area contributed by atoms with Crippen molar-refractivity contribution < 1.29 is 9.53 Å². The van der Waals surface area contributed by atoms with E-state index in [2.05, 4.69) is 69.3 Å². The van der Waals surface area contributed by atoms with Gasteiger partial charge >= 0.3 is 0 Å². The molecule has 1 amide bonds. The highest BCUT2D eigenvalue weighted by atomic mass is 32.1. The molecule has 2 aliphatic heterocycles. The van der Waals surface area contributed by atoms with Crippen LogP contribution in [0.1, 0.15) is 16.4 Å². The van der Waals surface area contributed by atoms with Gasteiger partial charge in [-0.25, -0.2) is 0 Å². The Labute approximate surface area is 206 Å². The highest BCUT2D eigenvalue weighted by molar-refractivity contribution is 7.10. The van der Waals surface area contributed by atoms with Gasteiger partial charge in [0.25, 0.3) is 0 Å². The van der Waals surface area contributed by atoms with Crippen molar-refractivity contribution in [3.63, 3.8) is 0 Å². The summed E-state index contributed by atoms with van der Waals surface area (Å²) in [5.74, 6) is 1.88. The zero-order chi connectivity index (χ0) is 23.3. The Morgan fingerprint density at radius 3 is 2.53 bits per heavy atom. The van der Waals surface area contributed by atoms with Crippen LogP contribution >= 0.6 is 11.3 Å². The summed E-state index contributed by atoms with van der Waals surface area (Å²) >= 11 is 1.66. The van der Waals surface area contributed by atoms with E-state index in [0.29, 0.717) is 18.3 Å². The van der Waals surface area contributed by atoms with E-state index in [9.17, 15) is 4.79 Å². The van der Waals surface area contributed by atoms with Gasteiger partial charge in [0.05, 0.1) is 13.5 Å². The molecule has 2 atom stereocenters. The average molecular weight is 476 g/mol. The van der Waals surface area contributed by atoms with E-state index in [0.717, 1.165) is 56.4 Å². The van der Waals surface area contributed by atoms with E-state index in [4.69, 9.17) is 4.74 Å². The lowest BCUT2D eigenvalue weighted by molar-refractivity contribution is -0.129. The first-order chi connectivity index (χ1) is 16.7. The number of ether oxygens (including phenoxy) is 1. The molecule has 2 aromatic carbocycles. The Hall–Kier alpha value is -2.83. The summed E-state index contributed by atoms with van der Waals surface area (Å²) in [4.78, 5) is 21.4. The van der Waals surface area contributed by atoms with E-state index in [1.807, 2.05) is 17.5 Å². The standard InChI is InChI=1S/C28H33N3O2S/c1-33-25-10-5-7-22(17-25)27-21-31(28(32)18-26-11-6-16-34-26)20-23(27)19-29-12-14-30(15-13-29)24-8-3-2-4-9-24/h2-11,16-17,23,27H,12-15,18-21H2,1H3. The van der Waals surface area contributed by atoms with E-state index >= 15 is 0 Å². The van der Waals surface area contributed by atoms with Crippen LogP contribution in [0.2, 0.25) is 0 Å². The van der Waals surface area contributed by atoms with Crippen molar-refractivity contribution >= 4 is 22.9 Å². The second-order valence-electron chi connectivity index (χ2n) is 9.32. The highest BCUT2D eigenvalue weighted by Gasteiger charge is 2.37. The monoisotopic (exact) mass is 475 g/mol. The minimum absolute atomic E-state index is 0.242. The first kappa shape index (κ1) is 22.9. The third-order valence-electron chi connectivity index (χ3n) is 7.21. The summed E-state index contributed by atoms with van der Waals surface area (Å²) in [5.41, 5.74) is 2.58. The molecule has 5 nitrogen and oxygen atoms in total. The molecule has 2 unspecified atom stereocenters. The zero-order valence-corrected chi connectivity index (χ0v) is 20.6. The number of thiophene rings is 1. The van der Waals surface area contributed by atoms with Crippen molar-refractivity contribution in [1.82, 2.24) is 9.80 Å². The Bertz CT molecular complexity index is 1060. The Morgan fingerprint density at radius 2 is 1.79 bits per heavy atom. The normalized spacial score (nSPS) is 21.1. The number of carbonyl (C=O) groups is 1. The summed E-state index contributed by atoms with van der Waals surface area (Å²) < 4.78 is 5.50. The lowest BCUT2D eigenvalue weighted by atomic mass is 9.88. The van der Waals surface area contributed by atoms with Crippen molar-refractivity contribution in [3.8, 4) is 5.75 Å². The maximum absolute atomic E-state index is 13.1. The number of anilines is 1. The second-order valence-corrected chi connectivity index (χ2v) is 10.4. The molecule has 0 saturated carbocycles. The van der Waals surface area contributed by atoms with Gasteiger partial charge in [-0.3, -0.25) is 9.69 Å². The minimum Gasteiger partial charge on any atom is -0.497 e. The molecule has 2 saturated heterocycles. The molecule has 2 aliphatic rings. The maximum Gasteiger partial charge on any atom is 0.227 e. The van der Waals surface area contributed by atoms with E-state index in [-0.39, 0.29) is 5.91 Å². The molecule has 0 N–H and O–H groups in total. The van der Waals surface area contributed by atoms with Crippen molar-refractivity contribution in [2.75, 3.05) is 57.8 Å². The van der Waals surface area contributed by atoms with Crippen LogP contribution in [-0.2, 0) is 11.2 Å². The van der Waals surface area contributed by atoms with Gasteiger partial charge in [-0.05, 0) is 47.2 Å². The average Bonchev–Trinajstić information content (AvgIpc) is 3.55. The SMILES string of the molecule is COc1cccc(C2CN(C(=O)Cc3cccs3)CC2CN2CCN(c3ccccc3)CC2)c1. The molecule has 0 radical (unpaired) electrons. The quantitative estimate of drug-likeness (QED) is 0.509. The number of hydrogen-bond donors (Lipinski definition) is 0. The molecule has 0 bridgehead atoms. The third kappa shape index (κ3) is 5.29. The Kier molecular flexibility index (Phi) is 7.16. The Morgan fingerprint density at radius 1 is 0.971 bits per heavy atom. The van der Waals surface area contributed by atoms with Gasteiger partial charge in [0.15, 0.2) is 0 Å². The van der Waals surface area contributed by atoms with Crippen LogP contribution < -0.4 is 9.64 Å². The van der Waals surface area contributed by atoms with Gasteiger partial charge in [0.2, 0.25) is 5.91 Å². The fourth-order valence-electron chi connectivity index (χ4n) is 5.34. The van der Waals surface area contributed by atoms with Gasteiger partial charge in [0, 0.05) is 62.3 Å². The van der Waals surface area contributed by atoms with E-state index < -0.39 is 0 Å². The van der Waals surface area contributed by atoms with Crippen LogP contribution in [0.15, 0.2) is 72.1 Å². The van der Waals surface area contributed by atoms with Crippen LogP contribution in [0.4, 0.5) is 5.69 Å². The largest absolute Gasteiger partial charge is 0.497 e. The van der Waals surface area contributed by atoms with E-state index in [1.54, 1.807) is 18.4 Å². The first-order valence-corrected chi connectivity index (χ1v) is 13.0. The number of rotatable bonds is 7. The Balaban J connectivity index is 1.27. The summed E-state index contributed by atoms with van der Waals surface area (Å²) in [5, 5.41) is 2.05. The smallest absolute Gasteiger partial charge is 0.227 e. The molecule has 3 heterocycles. The van der Waals surface area contributed by atoms with E-state index in [1.165, 1.54) is 11.3 Å². The minimum atomic E-state index is 0.242. The number of methoxy groups -OCH3 is 1. The molecule has 178 valence electrons. The topological polar surface area (TPSA) is 36.0 Å². The molecule has 0 spiro atoms. The summed E-state index contributed by atoms with van der Waals surface area (Å²) in [6.07, 6.45) is 0.505. The van der Waals surface area contributed by atoms with Crippen LogP contribution in [0, 0.1) is 5.92 Å². The number of carbonyl (C=O) groups excluding carboxylic acids is 1. The lowest BCUT2D eigenvalue weighted by Crippen LogP contribution is -2.48. The second kappa shape index (κ2) is 10.6. The van der Waals surface area contributed by atoms with Gasteiger partial charge in [-0.2, -0.15) is 0 Å². The summed E-state index contributed by atoms with van der Waals surface area (Å²) in [6, 6.07) is 23.2. The fourth-order valence-corrected chi connectivity index (χ4v) is 6.04. The van der Waals surface area contributed by atoms with Crippen LogP contribution in [0.25, 0.3) is 0 Å². The predicted octanol–water partition coefficient (Wildman–Crippen LogP) is 4.36. The molecular weight excluding hydrogens is 442 g/mol. The van der Waals surface area contributed by atoms with Crippen LogP contribution in [0.5, 0.6) is 5.75 Å².